The fraction of sp³-hybridized carbons (Fsp3) is 0.429. The molecule has 0 aliphatic heterocycles. The minimum Gasteiger partial charge on any atom is -0.392 e. The third kappa shape index (κ3) is 4.18. The minimum absolute atomic E-state index is 0.143. The number of aliphatic hydroxyl groups is 1. The van der Waals surface area contributed by atoms with E-state index in [0.29, 0.717) is 0 Å². The van der Waals surface area contributed by atoms with Crippen LogP contribution in [0.2, 0.25) is 13.1 Å². The second kappa shape index (κ2) is 3.64. The zero-order valence-electron chi connectivity index (χ0n) is 6.09. The van der Waals surface area contributed by atoms with Crippen molar-refractivity contribution in [2.75, 3.05) is 6.61 Å². The first-order chi connectivity index (χ1) is 4.12. The van der Waals surface area contributed by atoms with Crippen molar-refractivity contribution >= 4 is 8.07 Å². The average molecular weight is 142 g/mol. The van der Waals surface area contributed by atoms with Crippen LogP contribution in [0.15, 0.2) is 24.1 Å². The van der Waals surface area contributed by atoms with Crippen LogP contribution in [0.25, 0.3) is 0 Å². The summed E-state index contributed by atoms with van der Waals surface area (Å²) in [7, 11) is -1.27. The lowest BCUT2D eigenvalue weighted by Crippen LogP contribution is -2.18. The maximum absolute atomic E-state index is 8.43. The summed E-state index contributed by atoms with van der Waals surface area (Å²) in [6.07, 6.45) is 1.79. The number of aliphatic hydroxyl groups excluding tert-OH is 1. The van der Waals surface area contributed by atoms with E-state index in [4.69, 9.17) is 5.11 Å². The summed E-state index contributed by atoms with van der Waals surface area (Å²) in [6, 6.07) is 0. The minimum atomic E-state index is -1.27. The molecule has 0 atom stereocenters. The topological polar surface area (TPSA) is 20.2 Å². The summed E-state index contributed by atoms with van der Waals surface area (Å²) in [5, 5.41) is 8.43. The fourth-order valence-electron chi connectivity index (χ4n) is 0.424. The van der Waals surface area contributed by atoms with Gasteiger partial charge in [-0.1, -0.05) is 30.6 Å². The Balaban J connectivity index is 3.84. The van der Waals surface area contributed by atoms with E-state index in [1.54, 1.807) is 6.08 Å². The molecule has 0 saturated heterocycles. The molecule has 0 aromatic heterocycles. The van der Waals surface area contributed by atoms with Gasteiger partial charge >= 0.3 is 0 Å². The summed E-state index contributed by atoms with van der Waals surface area (Å²) >= 11 is 0. The molecule has 0 radical (unpaired) electrons. The van der Waals surface area contributed by atoms with Gasteiger partial charge in [-0.3, -0.25) is 0 Å². The van der Waals surface area contributed by atoms with Crippen molar-refractivity contribution < 1.29 is 5.11 Å². The predicted octanol–water partition coefficient (Wildman–Crippen LogP) is 1.51. The Morgan fingerprint density at radius 1 is 1.56 bits per heavy atom. The molecule has 0 bridgehead atoms. The van der Waals surface area contributed by atoms with Crippen LogP contribution in [0.3, 0.4) is 0 Å². The van der Waals surface area contributed by atoms with E-state index in [-0.39, 0.29) is 6.61 Å². The highest BCUT2D eigenvalue weighted by molar-refractivity contribution is 6.86. The number of rotatable bonds is 3. The van der Waals surface area contributed by atoms with Gasteiger partial charge in [0, 0.05) is 0 Å². The Kier molecular flexibility index (Phi) is 3.50. The third-order valence-electron chi connectivity index (χ3n) is 1.18. The third-order valence-corrected chi connectivity index (χ3v) is 3.33. The number of hydrogen-bond acceptors (Lipinski definition) is 1. The molecule has 0 amide bonds. The first-order valence-corrected chi connectivity index (χ1v) is 6.20. The second-order valence-corrected chi connectivity index (χ2v) is 6.99. The van der Waals surface area contributed by atoms with Gasteiger partial charge in [0.1, 0.15) is 0 Å². The Morgan fingerprint density at radius 2 is 2.11 bits per heavy atom. The van der Waals surface area contributed by atoms with Crippen molar-refractivity contribution in [3.63, 3.8) is 0 Å². The van der Waals surface area contributed by atoms with Crippen molar-refractivity contribution in [2.24, 2.45) is 0 Å². The standard InChI is InChI=1S/C7H14OSi/c1-4-9(2,3)7-5-6-8/h4-5,7-8H,1,6H2,2-3H3/b7-5+. The van der Waals surface area contributed by atoms with Gasteiger partial charge in [0.05, 0.1) is 14.7 Å². The molecule has 0 unspecified atom stereocenters. The van der Waals surface area contributed by atoms with Crippen LogP contribution in [-0.4, -0.2) is 19.8 Å². The lowest BCUT2D eigenvalue weighted by Gasteiger charge is -2.08. The monoisotopic (exact) mass is 142 g/mol. The van der Waals surface area contributed by atoms with E-state index in [0.717, 1.165) is 0 Å². The summed E-state index contributed by atoms with van der Waals surface area (Å²) in [5.74, 6) is 0. The number of hydrogen-bond donors (Lipinski definition) is 1. The first kappa shape index (κ1) is 8.66. The lowest BCUT2D eigenvalue weighted by atomic mass is 10.7. The van der Waals surface area contributed by atoms with Gasteiger partial charge in [0.15, 0.2) is 0 Å². The van der Waals surface area contributed by atoms with Crippen LogP contribution in [0.1, 0.15) is 0 Å². The van der Waals surface area contributed by atoms with E-state index >= 15 is 0 Å². The molecular weight excluding hydrogens is 128 g/mol. The van der Waals surface area contributed by atoms with Gasteiger partial charge in [0.2, 0.25) is 0 Å². The highest BCUT2D eigenvalue weighted by Crippen LogP contribution is 2.03. The summed E-state index contributed by atoms with van der Waals surface area (Å²) in [4.78, 5) is 0. The molecule has 0 saturated carbocycles. The van der Waals surface area contributed by atoms with Crippen LogP contribution in [-0.2, 0) is 0 Å². The maximum Gasteiger partial charge on any atom is 0.0945 e. The Labute approximate surface area is 57.7 Å². The molecule has 9 heavy (non-hydrogen) atoms. The normalized spacial score (nSPS) is 12.3. The van der Waals surface area contributed by atoms with Gasteiger partial charge in [-0.05, 0) is 0 Å². The molecule has 0 heterocycles. The lowest BCUT2D eigenvalue weighted by molar-refractivity contribution is 0.343. The van der Waals surface area contributed by atoms with Crippen LogP contribution in [0.5, 0.6) is 0 Å². The van der Waals surface area contributed by atoms with Gasteiger partial charge in [-0.15, -0.1) is 6.58 Å². The van der Waals surface area contributed by atoms with E-state index in [2.05, 4.69) is 25.4 Å². The Hall–Kier alpha value is -0.343. The van der Waals surface area contributed by atoms with Crippen molar-refractivity contribution in [2.45, 2.75) is 13.1 Å². The summed E-state index contributed by atoms with van der Waals surface area (Å²) in [5.41, 5.74) is 4.05. The van der Waals surface area contributed by atoms with E-state index in [1.807, 2.05) is 5.70 Å². The van der Waals surface area contributed by atoms with Crippen LogP contribution < -0.4 is 0 Å². The Bertz CT molecular complexity index is 116. The highest BCUT2D eigenvalue weighted by Gasteiger charge is 2.08. The van der Waals surface area contributed by atoms with Crippen LogP contribution in [0.4, 0.5) is 0 Å². The first-order valence-electron chi connectivity index (χ1n) is 3.04. The van der Waals surface area contributed by atoms with Crippen molar-refractivity contribution in [3.8, 4) is 0 Å². The maximum atomic E-state index is 8.43. The zero-order chi connectivity index (χ0) is 7.33. The predicted molar refractivity (Wildman–Crippen MR) is 43.9 cm³/mol. The average Bonchev–Trinajstić information content (AvgIpc) is 1.84. The Morgan fingerprint density at radius 3 is 2.44 bits per heavy atom. The SMILES string of the molecule is C=C[Si](C)(C)/C=C/CO. The largest absolute Gasteiger partial charge is 0.392 e. The summed E-state index contributed by atoms with van der Waals surface area (Å²) in [6.45, 7) is 8.20. The molecule has 2 heteroatoms. The smallest absolute Gasteiger partial charge is 0.0945 e. The molecule has 0 aromatic carbocycles. The van der Waals surface area contributed by atoms with E-state index < -0.39 is 8.07 Å². The fourth-order valence-corrected chi connectivity index (χ4v) is 1.27. The highest BCUT2D eigenvalue weighted by atomic mass is 28.3. The van der Waals surface area contributed by atoms with Crippen LogP contribution in [0, 0.1) is 0 Å². The van der Waals surface area contributed by atoms with Gasteiger partial charge in [-0.2, -0.15) is 0 Å². The second-order valence-electron chi connectivity index (χ2n) is 2.61. The van der Waals surface area contributed by atoms with Gasteiger partial charge < -0.3 is 5.11 Å². The molecule has 1 nitrogen and oxygen atoms in total. The molecular formula is C7H14OSi. The van der Waals surface area contributed by atoms with Crippen molar-refractivity contribution in [1.29, 1.82) is 0 Å². The van der Waals surface area contributed by atoms with E-state index in [1.165, 1.54) is 0 Å². The molecule has 0 aliphatic carbocycles. The van der Waals surface area contributed by atoms with Gasteiger partial charge in [-0.25, -0.2) is 0 Å². The van der Waals surface area contributed by atoms with E-state index in [9.17, 15) is 0 Å². The van der Waals surface area contributed by atoms with Crippen molar-refractivity contribution in [1.82, 2.24) is 0 Å². The molecule has 0 aliphatic rings. The molecule has 0 spiro atoms. The van der Waals surface area contributed by atoms with Crippen LogP contribution >= 0.6 is 0 Å². The molecule has 0 aromatic rings. The van der Waals surface area contributed by atoms with Gasteiger partial charge in [0.25, 0.3) is 0 Å². The molecule has 0 fully saturated rings. The molecule has 0 rings (SSSR count). The van der Waals surface area contributed by atoms with Crippen molar-refractivity contribution in [3.05, 3.63) is 24.1 Å². The zero-order valence-corrected chi connectivity index (χ0v) is 7.09. The quantitative estimate of drug-likeness (QED) is 0.592. The molecule has 52 valence electrons. The molecule has 1 N–H and O–H groups in total. The summed E-state index contributed by atoms with van der Waals surface area (Å²) < 4.78 is 0.